The third kappa shape index (κ3) is 3.51. The maximum atomic E-state index is 11.7. The van der Waals surface area contributed by atoms with Crippen molar-refractivity contribution in [3.05, 3.63) is 34.2 Å². The number of nitriles is 1. The molecule has 3 rings (SSSR count). The minimum atomic E-state index is -0.945. The first-order valence-electron chi connectivity index (χ1n) is 8.38. The fourth-order valence-corrected chi connectivity index (χ4v) is 4.09. The molecule has 0 fully saturated rings. The first-order valence-corrected chi connectivity index (χ1v) is 9.20. The molecule has 10 heteroatoms. The van der Waals surface area contributed by atoms with E-state index in [0.717, 1.165) is 11.3 Å². The van der Waals surface area contributed by atoms with Gasteiger partial charge in [-0.25, -0.2) is 4.98 Å². The topological polar surface area (TPSA) is 178 Å². The monoisotopic (exact) mass is 411 g/mol. The lowest BCUT2D eigenvalue weighted by molar-refractivity contribution is -0.136. The Balaban J connectivity index is 2.34. The van der Waals surface area contributed by atoms with Crippen LogP contribution in [-0.4, -0.2) is 29.1 Å². The number of aliphatic carboxylic acids is 1. The van der Waals surface area contributed by atoms with Crippen molar-refractivity contribution in [3.8, 4) is 22.9 Å². The molecule has 29 heavy (non-hydrogen) atoms. The van der Waals surface area contributed by atoms with Gasteiger partial charge in [-0.2, -0.15) is 5.26 Å². The number of pyridine rings is 1. The molecule has 2 heterocycles. The van der Waals surface area contributed by atoms with Crippen LogP contribution in [0.25, 0.3) is 21.3 Å². The van der Waals surface area contributed by atoms with E-state index in [2.05, 4.69) is 4.98 Å². The quantitative estimate of drug-likeness (QED) is 0.476. The van der Waals surface area contributed by atoms with Crippen molar-refractivity contribution in [2.24, 2.45) is 5.73 Å². The number of carbonyl (C=O) groups excluding carboxylic acids is 1. The van der Waals surface area contributed by atoms with Gasteiger partial charge < -0.3 is 27.0 Å². The van der Waals surface area contributed by atoms with Crippen molar-refractivity contribution >= 4 is 44.9 Å². The summed E-state index contributed by atoms with van der Waals surface area (Å²) in [6, 6.07) is 7.14. The van der Waals surface area contributed by atoms with Crippen LogP contribution in [0.1, 0.15) is 27.2 Å². The average molecular weight is 411 g/mol. The Labute approximate surface area is 169 Å². The van der Waals surface area contributed by atoms with Crippen molar-refractivity contribution in [3.63, 3.8) is 0 Å². The highest BCUT2D eigenvalue weighted by Gasteiger charge is 2.23. The number of rotatable bonds is 6. The van der Waals surface area contributed by atoms with Gasteiger partial charge in [-0.1, -0.05) is 6.07 Å². The highest BCUT2D eigenvalue weighted by molar-refractivity contribution is 7.21. The number of carboxylic acid groups (broad SMARTS) is 1. The normalized spacial score (nSPS) is 10.6. The summed E-state index contributed by atoms with van der Waals surface area (Å²) in [4.78, 5) is 27.4. The van der Waals surface area contributed by atoms with Gasteiger partial charge in [0.05, 0.1) is 12.8 Å². The summed E-state index contributed by atoms with van der Waals surface area (Å²) in [6.45, 7) is 0. The van der Waals surface area contributed by atoms with Gasteiger partial charge in [0.15, 0.2) is 0 Å². The molecule has 0 atom stereocenters. The molecule has 0 aliphatic rings. The minimum Gasteiger partial charge on any atom is -0.496 e. The number of primary amides is 1. The van der Waals surface area contributed by atoms with Crippen LogP contribution in [0.5, 0.6) is 5.75 Å². The Morgan fingerprint density at radius 2 is 2.07 bits per heavy atom. The number of carbonyl (C=O) groups is 2. The van der Waals surface area contributed by atoms with Crippen LogP contribution in [0.3, 0.4) is 0 Å². The number of amides is 1. The van der Waals surface area contributed by atoms with Gasteiger partial charge in [-0.15, -0.1) is 11.3 Å². The highest BCUT2D eigenvalue weighted by Crippen LogP contribution is 2.43. The Morgan fingerprint density at radius 1 is 1.34 bits per heavy atom. The van der Waals surface area contributed by atoms with E-state index in [1.807, 2.05) is 6.07 Å². The zero-order chi connectivity index (χ0) is 21.3. The fourth-order valence-electron chi connectivity index (χ4n) is 3.13. The van der Waals surface area contributed by atoms with Crippen LogP contribution in [0.2, 0.25) is 0 Å². The second kappa shape index (κ2) is 7.65. The number of thiophene rings is 1. The highest BCUT2D eigenvalue weighted by atomic mass is 32.1. The maximum absolute atomic E-state index is 11.7. The third-order valence-corrected chi connectivity index (χ3v) is 5.53. The number of nitrogens with two attached hydrogens (primary N) is 3. The number of benzene rings is 1. The number of nitrogen functional groups attached to an aromatic ring is 2. The summed E-state index contributed by atoms with van der Waals surface area (Å²) in [5.41, 5.74) is 19.4. The van der Waals surface area contributed by atoms with E-state index in [1.54, 1.807) is 18.2 Å². The summed E-state index contributed by atoms with van der Waals surface area (Å²) in [7, 11) is 1.48. The van der Waals surface area contributed by atoms with Gasteiger partial charge >= 0.3 is 5.97 Å². The molecular weight excluding hydrogens is 394 g/mol. The smallest absolute Gasteiger partial charge is 0.303 e. The van der Waals surface area contributed by atoms with Gasteiger partial charge in [0.1, 0.15) is 32.9 Å². The summed E-state index contributed by atoms with van der Waals surface area (Å²) in [6.07, 6.45) is 0.134. The lowest BCUT2D eigenvalue weighted by Crippen LogP contribution is -2.10. The molecule has 1 aromatic carbocycles. The van der Waals surface area contributed by atoms with Crippen molar-refractivity contribution in [2.75, 3.05) is 18.6 Å². The molecule has 0 aliphatic carbocycles. The summed E-state index contributed by atoms with van der Waals surface area (Å²) in [5.74, 6) is -1.14. The van der Waals surface area contributed by atoms with Crippen molar-refractivity contribution in [1.82, 2.24) is 4.98 Å². The number of nitrogens with zero attached hydrogens (tertiary/aromatic N) is 2. The molecule has 2 aromatic heterocycles. The predicted octanol–water partition coefficient (Wildman–Crippen LogP) is 2.12. The molecule has 3 aromatic rings. The number of carboxylic acids is 1. The second-order valence-corrected chi connectivity index (χ2v) is 7.17. The molecule has 0 saturated carbocycles. The van der Waals surface area contributed by atoms with Gasteiger partial charge in [-0.3, -0.25) is 9.59 Å². The zero-order valence-electron chi connectivity index (χ0n) is 15.4. The maximum Gasteiger partial charge on any atom is 0.303 e. The summed E-state index contributed by atoms with van der Waals surface area (Å²) >= 11 is 0.998. The van der Waals surface area contributed by atoms with Gasteiger partial charge in [0, 0.05) is 17.4 Å². The molecule has 0 spiro atoms. The van der Waals surface area contributed by atoms with Crippen LogP contribution >= 0.6 is 11.3 Å². The van der Waals surface area contributed by atoms with Gasteiger partial charge in [-0.05, 0) is 29.7 Å². The minimum absolute atomic E-state index is 0.00447. The first kappa shape index (κ1) is 19.9. The number of methoxy groups -OCH3 is 1. The van der Waals surface area contributed by atoms with Crippen LogP contribution < -0.4 is 21.9 Å². The molecule has 0 saturated heterocycles. The summed E-state index contributed by atoms with van der Waals surface area (Å²) in [5, 5.41) is 19.1. The molecule has 0 aliphatic heterocycles. The van der Waals surface area contributed by atoms with E-state index in [9.17, 15) is 14.9 Å². The van der Waals surface area contributed by atoms with E-state index in [4.69, 9.17) is 27.0 Å². The number of anilines is 2. The molecular formula is C19H17N5O4S. The molecule has 148 valence electrons. The van der Waals surface area contributed by atoms with Crippen LogP contribution in [0, 0.1) is 11.3 Å². The number of ether oxygens (including phenoxy) is 1. The SMILES string of the molecule is COc1ccc(-c2c(C#N)c(N)nc3sc(C(N)=O)c(N)c23)cc1CCC(=O)O. The second-order valence-electron chi connectivity index (χ2n) is 6.17. The lowest BCUT2D eigenvalue weighted by atomic mass is 9.94. The average Bonchev–Trinajstić information content (AvgIpc) is 3.01. The Hall–Kier alpha value is -3.84. The van der Waals surface area contributed by atoms with Crippen molar-refractivity contribution in [2.45, 2.75) is 12.8 Å². The molecule has 9 nitrogen and oxygen atoms in total. The summed E-state index contributed by atoms with van der Waals surface area (Å²) < 4.78 is 5.32. The standard InChI is InChI=1S/C19H17N5O4S/c1-28-11-4-2-9(6-8(11)3-5-12(25)26)13-10(7-20)17(22)24-19-14(13)15(21)16(29-19)18(23)27/h2,4,6H,3,5,21H2,1H3,(H2,22,24)(H2,23,27)(H,25,26). The van der Waals surface area contributed by atoms with E-state index >= 15 is 0 Å². The molecule has 0 unspecified atom stereocenters. The Bertz CT molecular complexity index is 1200. The van der Waals surface area contributed by atoms with E-state index in [-0.39, 0.29) is 34.8 Å². The molecule has 0 bridgehead atoms. The van der Waals surface area contributed by atoms with Crippen molar-refractivity contribution < 1.29 is 19.4 Å². The third-order valence-electron chi connectivity index (χ3n) is 4.42. The predicted molar refractivity (Wildman–Crippen MR) is 110 cm³/mol. The van der Waals surface area contributed by atoms with Crippen LogP contribution in [0.4, 0.5) is 11.5 Å². The van der Waals surface area contributed by atoms with E-state index < -0.39 is 11.9 Å². The van der Waals surface area contributed by atoms with E-state index in [1.165, 1.54) is 7.11 Å². The molecule has 7 N–H and O–H groups in total. The van der Waals surface area contributed by atoms with Crippen LogP contribution in [0.15, 0.2) is 18.2 Å². The lowest BCUT2D eigenvalue weighted by Gasteiger charge is -2.13. The number of aromatic nitrogens is 1. The number of hydrogen-bond acceptors (Lipinski definition) is 8. The van der Waals surface area contributed by atoms with Gasteiger partial charge in [0.2, 0.25) is 0 Å². The van der Waals surface area contributed by atoms with Crippen molar-refractivity contribution in [1.29, 1.82) is 5.26 Å². The van der Waals surface area contributed by atoms with E-state index in [0.29, 0.717) is 32.7 Å². The Kier molecular flexibility index (Phi) is 5.25. The Morgan fingerprint density at radius 3 is 2.66 bits per heavy atom. The number of fused-ring (bicyclic) bond motifs is 1. The van der Waals surface area contributed by atoms with Crippen LogP contribution in [-0.2, 0) is 11.2 Å². The number of hydrogen-bond donors (Lipinski definition) is 4. The van der Waals surface area contributed by atoms with Gasteiger partial charge in [0.25, 0.3) is 5.91 Å². The largest absolute Gasteiger partial charge is 0.496 e. The fraction of sp³-hybridized carbons (Fsp3) is 0.158. The zero-order valence-corrected chi connectivity index (χ0v) is 16.2. The molecule has 0 radical (unpaired) electrons. The first-order chi connectivity index (χ1) is 13.8. The number of aryl methyl sites for hydroxylation is 1. The molecule has 1 amide bonds.